The normalized spacial score (nSPS) is 11.7. The number of anilines is 1. The van der Waals surface area contributed by atoms with Gasteiger partial charge in [-0.25, -0.2) is 5.43 Å². The van der Waals surface area contributed by atoms with Crippen LogP contribution >= 0.6 is 23.2 Å². The maximum Gasteiger partial charge on any atom is 0.195 e. The Balaban J connectivity index is 1.77. The molecule has 124 valence electrons. The average molecular weight is 371 g/mol. The second-order valence-corrected chi connectivity index (χ2v) is 6.16. The van der Waals surface area contributed by atoms with Crippen LogP contribution in [0.15, 0.2) is 54.9 Å². The van der Waals surface area contributed by atoms with E-state index in [1.165, 1.54) is 0 Å². The van der Waals surface area contributed by atoms with Crippen LogP contribution in [0.3, 0.4) is 0 Å². The number of nitriles is 1. The van der Waals surface area contributed by atoms with Crippen molar-refractivity contribution >= 4 is 45.4 Å². The largest absolute Gasteiger partial charge is 0.320 e. The number of hydrogen-bond acceptors (Lipinski definition) is 5. The van der Waals surface area contributed by atoms with Crippen LogP contribution < -0.4 is 10.9 Å². The number of rotatable bonds is 5. The summed E-state index contributed by atoms with van der Waals surface area (Å²) in [5, 5.41) is 12.0. The molecule has 1 atom stereocenters. The van der Waals surface area contributed by atoms with Gasteiger partial charge in [-0.2, -0.15) is 5.26 Å². The standard InChI is InChI=1S/C18H12Cl2N4O/c19-14-6-15(20)8-16(7-14)23-24-17(9-21)18(25)12-2-1-11-3-4-22-10-13(11)5-12/h1-8,10,17,23-24H. The van der Waals surface area contributed by atoms with E-state index in [0.29, 0.717) is 21.3 Å². The monoisotopic (exact) mass is 370 g/mol. The van der Waals surface area contributed by atoms with Crippen molar-refractivity contribution in [3.05, 3.63) is 70.5 Å². The molecule has 25 heavy (non-hydrogen) atoms. The van der Waals surface area contributed by atoms with E-state index in [1.54, 1.807) is 42.7 Å². The van der Waals surface area contributed by atoms with Crippen LogP contribution in [-0.4, -0.2) is 16.8 Å². The lowest BCUT2D eigenvalue weighted by Gasteiger charge is -2.14. The molecular weight excluding hydrogens is 359 g/mol. The van der Waals surface area contributed by atoms with Crippen molar-refractivity contribution in [3.8, 4) is 6.07 Å². The molecule has 3 rings (SSSR count). The number of fused-ring (bicyclic) bond motifs is 1. The van der Waals surface area contributed by atoms with Gasteiger partial charge in [0.15, 0.2) is 11.8 Å². The molecule has 1 aromatic heterocycles. The second-order valence-electron chi connectivity index (χ2n) is 5.29. The number of benzene rings is 2. The van der Waals surface area contributed by atoms with E-state index in [-0.39, 0.29) is 5.78 Å². The number of pyridine rings is 1. The summed E-state index contributed by atoms with van der Waals surface area (Å²) in [4.78, 5) is 16.6. The number of hydrazine groups is 1. The highest BCUT2D eigenvalue weighted by Gasteiger charge is 2.19. The second kappa shape index (κ2) is 7.49. The average Bonchev–Trinajstić information content (AvgIpc) is 2.61. The molecule has 5 nitrogen and oxygen atoms in total. The van der Waals surface area contributed by atoms with Gasteiger partial charge in [0.25, 0.3) is 0 Å². The van der Waals surface area contributed by atoms with Crippen molar-refractivity contribution < 1.29 is 4.79 Å². The van der Waals surface area contributed by atoms with Crippen LogP contribution in [0, 0.1) is 11.3 Å². The smallest absolute Gasteiger partial charge is 0.195 e. The van der Waals surface area contributed by atoms with E-state index >= 15 is 0 Å². The SMILES string of the molecule is N#CC(NNc1cc(Cl)cc(Cl)c1)C(=O)c1ccc2ccncc2c1. The first kappa shape index (κ1) is 17.2. The molecule has 0 spiro atoms. The van der Waals surface area contributed by atoms with Crippen molar-refractivity contribution in [1.29, 1.82) is 5.26 Å². The van der Waals surface area contributed by atoms with Gasteiger partial charge in [0.1, 0.15) is 0 Å². The minimum absolute atomic E-state index is 0.353. The van der Waals surface area contributed by atoms with Gasteiger partial charge in [-0.05, 0) is 35.7 Å². The summed E-state index contributed by atoms with van der Waals surface area (Å²) >= 11 is 11.8. The first-order valence-electron chi connectivity index (χ1n) is 7.32. The quantitative estimate of drug-likeness (QED) is 0.518. The van der Waals surface area contributed by atoms with Gasteiger partial charge in [-0.15, -0.1) is 0 Å². The Morgan fingerprint density at radius 1 is 1.08 bits per heavy atom. The first-order chi connectivity index (χ1) is 12.1. The lowest BCUT2D eigenvalue weighted by atomic mass is 10.0. The van der Waals surface area contributed by atoms with E-state index < -0.39 is 6.04 Å². The Kier molecular flexibility index (Phi) is 5.15. The lowest BCUT2D eigenvalue weighted by molar-refractivity contribution is 0.0969. The molecule has 0 bridgehead atoms. The highest BCUT2D eigenvalue weighted by molar-refractivity contribution is 6.35. The fourth-order valence-electron chi connectivity index (χ4n) is 2.34. The summed E-state index contributed by atoms with van der Waals surface area (Å²) in [5.74, 6) is -0.353. The number of ketones is 1. The molecule has 0 saturated heterocycles. The summed E-state index contributed by atoms with van der Waals surface area (Å²) in [6, 6.07) is 12.8. The Morgan fingerprint density at radius 2 is 1.84 bits per heavy atom. The summed E-state index contributed by atoms with van der Waals surface area (Å²) in [5.41, 5.74) is 6.45. The van der Waals surface area contributed by atoms with Gasteiger partial charge in [-0.1, -0.05) is 35.3 Å². The van der Waals surface area contributed by atoms with Gasteiger partial charge in [-0.3, -0.25) is 9.78 Å². The molecule has 0 fully saturated rings. The zero-order chi connectivity index (χ0) is 17.8. The molecular formula is C18H12Cl2N4O. The molecule has 2 N–H and O–H groups in total. The molecule has 2 aromatic carbocycles. The number of Topliss-reactive ketones (excluding diaryl/α,β-unsaturated/α-hetero) is 1. The highest BCUT2D eigenvalue weighted by Crippen LogP contribution is 2.22. The minimum atomic E-state index is -1.08. The highest BCUT2D eigenvalue weighted by atomic mass is 35.5. The molecule has 0 radical (unpaired) electrons. The number of carbonyl (C=O) groups is 1. The number of nitrogens with zero attached hydrogens (tertiary/aromatic N) is 2. The van der Waals surface area contributed by atoms with Gasteiger partial charge < -0.3 is 5.43 Å². The van der Waals surface area contributed by atoms with E-state index in [1.807, 2.05) is 18.2 Å². The molecule has 1 unspecified atom stereocenters. The fourth-order valence-corrected chi connectivity index (χ4v) is 2.87. The third-order valence-electron chi connectivity index (χ3n) is 3.54. The lowest BCUT2D eigenvalue weighted by Crippen LogP contribution is -2.39. The van der Waals surface area contributed by atoms with Crippen LogP contribution in [0.4, 0.5) is 5.69 Å². The zero-order valence-corrected chi connectivity index (χ0v) is 14.3. The van der Waals surface area contributed by atoms with Crippen molar-refractivity contribution in [1.82, 2.24) is 10.4 Å². The third kappa shape index (κ3) is 4.06. The van der Waals surface area contributed by atoms with Crippen molar-refractivity contribution in [3.63, 3.8) is 0 Å². The van der Waals surface area contributed by atoms with E-state index in [0.717, 1.165) is 10.8 Å². The minimum Gasteiger partial charge on any atom is -0.320 e. The summed E-state index contributed by atoms with van der Waals surface area (Å²) < 4.78 is 0. The van der Waals surface area contributed by atoms with Crippen LogP contribution in [-0.2, 0) is 0 Å². The van der Waals surface area contributed by atoms with Crippen LogP contribution in [0.5, 0.6) is 0 Å². The van der Waals surface area contributed by atoms with Crippen LogP contribution in [0.25, 0.3) is 10.8 Å². The summed E-state index contributed by atoms with van der Waals surface area (Å²) in [6.45, 7) is 0. The Hall–Kier alpha value is -2.65. The molecule has 7 heteroatoms. The zero-order valence-electron chi connectivity index (χ0n) is 12.8. The summed E-state index contributed by atoms with van der Waals surface area (Å²) in [7, 11) is 0. The Labute approximate surface area is 154 Å². The maximum absolute atomic E-state index is 12.6. The van der Waals surface area contributed by atoms with Gasteiger partial charge in [0.2, 0.25) is 0 Å². The predicted octanol–water partition coefficient (Wildman–Crippen LogP) is 4.23. The topological polar surface area (TPSA) is 77.8 Å². The van der Waals surface area contributed by atoms with Gasteiger partial charge >= 0.3 is 0 Å². The molecule has 3 aromatic rings. The van der Waals surface area contributed by atoms with E-state index in [9.17, 15) is 10.1 Å². The summed E-state index contributed by atoms with van der Waals surface area (Å²) in [6.07, 6.45) is 3.36. The maximum atomic E-state index is 12.6. The molecule has 0 aliphatic rings. The number of halogens is 2. The number of nitrogens with one attached hydrogen (secondary N) is 2. The number of aromatic nitrogens is 1. The Bertz CT molecular complexity index is 964. The third-order valence-corrected chi connectivity index (χ3v) is 3.98. The Morgan fingerprint density at radius 3 is 2.56 bits per heavy atom. The van der Waals surface area contributed by atoms with Crippen LogP contribution in [0.1, 0.15) is 10.4 Å². The van der Waals surface area contributed by atoms with E-state index in [2.05, 4.69) is 15.8 Å². The molecule has 0 amide bonds. The number of carbonyl (C=O) groups excluding carboxylic acids is 1. The molecule has 0 aliphatic heterocycles. The molecule has 0 aliphatic carbocycles. The van der Waals surface area contributed by atoms with Crippen molar-refractivity contribution in [2.75, 3.05) is 5.43 Å². The van der Waals surface area contributed by atoms with Gasteiger partial charge in [0, 0.05) is 33.4 Å². The van der Waals surface area contributed by atoms with Crippen LogP contribution in [0.2, 0.25) is 10.0 Å². The molecule has 1 heterocycles. The van der Waals surface area contributed by atoms with Gasteiger partial charge in [0.05, 0.1) is 11.8 Å². The predicted molar refractivity (Wildman–Crippen MR) is 98.7 cm³/mol. The van der Waals surface area contributed by atoms with E-state index in [4.69, 9.17) is 23.2 Å². The first-order valence-corrected chi connectivity index (χ1v) is 8.07. The number of hydrogen-bond donors (Lipinski definition) is 2. The molecule has 0 saturated carbocycles. The van der Waals surface area contributed by atoms with Crippen molar-refractivity contribution in [2.24, 2.45) is 0 Å². The fraction of sp³-hybridized carbons (Fsp3) is 0.0556. The van der Waals surface area contributed by atoms with Crippen molar-refractivity contribution in [2.45, 2.75) is 6.04 Å².